The van der Waals surface area contributed by atoms with Crippen LogP contribution in [0.15, 0.2) is 42.2 Å². The summed E-state index contributed by atoms with van der Waals surface area (Å²) in [6, 6.07) is 1.63. The topological polar surface area (TPSA) is 212 Å². The van der Waals surface area contributed by atoms with Crippen molar-refractivity contribution in [3.05, 3.63) is 42.2 Å². The fourth-order valence-electron chi connectivity index (χ4n) is 7.79. The van der Waals surface area contributed by atoms with Gasteiger partial charge in [-0.2, -0.15) is 4.98 Å². The van der Waals surface area contributed by atoms with Crippen molar-refractivity contribution >= 4 is 56.3 Å². The lowest BCUT2D eigenvalue weighted by molar-refractivity contribution is -0.141. The van der Waals surface area contributed by atoms with Gasteiger partial charge in [0.1, 0.15) is 47.4 Å². The largest absolute Gasteiger partial charge is 0.471 e. The minimum absolute atomic E-state index is 0.0166. The van der Waals surface area contributed by atoms with Crippen LogP contribution in [0.2, 0.25) is 0 Å². The summed E-state index contributed by atoms with van der Waals surface area (Å²) >= 11 is 1.44. The summed E-state index contributed by atoms with van der Waals surface area (Å²) in [5.74, 6) is -2.18. The quantitative estimate of drug-likeness (QED) is 0.280. The van der Waals surface area contributed by atoms with Gasteiger partial charge in [0.25, 0.3) is 5.91 Å². The molecule has 16 nitrogen and oxygen atoms in total. The Balaban J connectivity index is 1.10. The lowest BCUT2D eigenvalue weighted by Gasteiger charge is -2.30. The van der Waals surface area contributed by atoms with Gasteiger partial charge in [-0.1, -0.05) is 31.1 Å². The van der Waals surface area contributed by atoms with E-state index in [9.17, 15) is 27.6 Å². The highest BCUT2D eigenvalue weighted by Crippen LogP contribution is 2.46. The van der Waals surface area contributed by atoms with Crippen LogP contribution in [0.3, 0.4) is 0 Å². The molecule has 0 aromatic carbocycles. The van der Waals surface area contributed by atoms with Gasteiger partial charge in [-0.3, -0.25) is 19.1 Å². The van der Waals surface area contributed by atoms with Crippen molar-refractivity contribution in [2.45, 2.75) is 119 Å². The van der Waals surface area contributed by atoms with Crippen molar-refractivity contribution < 1.29 is 37.1 Å². The van der Waals surface area contributed by atoms with Crippen molar-refractivity contribution in [2.75, 3.05) is 6.54 Å². The number of hydrogen-bond acceptors (Lipinski definition) is 13. The van der Waals surface area contributed by atoms with Gasteiger partial charge in [0.15, 0.2) is 5.65 Å². The fraction of sp³-hybridized carbons (Fsp3) is 0.568. The number of carbonyl (C=O) groups excluding carboxylic acids is 4. The molecule has 0 radical (unpaired) electrons. The first-order valence-electron chi connectivity index (χ1n) is 19.1. The number of fused-ring (bicyclic) bond motifs is 3. The van der Waals surface area contributed by atoms with Gasteiger partial charge < -0.3 is 25.0 Å². The molecular weight excluding hydrogens is 749 g/mol. The second-order valence-electron chi connectivity index (χ2n) is 15.1. The molecule has 4 amide bonds. The lowest BCUT2D eigenvalue weighted by Crippen LogP contribution is -2.58. The number of ether oxygens (including phenoxy) is 2. The molecule has 3 aromatic rings. The molecule has 8 rings (SSSR count). The third-order valence-corrected chi connectivity index (χ3v) is 13.8. The Labute approximate surface area is 322 Å². The highest BCUT2D eigenvalue weighted by molar-refractivity contribution is 7.91. The zero-order chi connectivity index (χ0) is 38.2. The van der Waals surface area contributed by atoms with Crippen LogP contribution in [-0.2, 0) is 29.1 Å². The Morgan fingerprint density at radius 2 is 1.84 bits per heavy atom. The van der Waals surface area contributed by atoms with E-state index in [2.05, 4.69) is 30.3 Å². The molecule has 4 fully saturated rings. The number of aromatic nitrogens is 4. The summed E-state index contributed by atoms with van der Waals surface area (Å²) in [5.41, 5.74) is -0.293. The van der Waals surface area contributed by atoms with Crippen molar-refractivity contribution in [2.24, 2.45) is 5.92 Å². The van der Waals surface area contributed by atoms with Crippen LogP contribution in [0.1, 0.15) is 83.5 Å². The second-order valence-corrected chi connectivity index (χ2v) is 18.0. The minimum Gasteiger partial charge on any atom is -0.471 e. The smallest absolute Gasteiger partial charge is 0.408 e. The standard InChI is InChI=1S/C37H44N8O8S2/c46-32-28-17-24(52-33-30(29-13-8-16-54-29)40-27-19-38-21-39-31(27)42-33)20-45(28)34(47)26(41-36(49)53-23-10-6-7-11-23)12-5-3-1-2-4-9-22-18-37(22,43-32)35(48)44-55(50,51)25-14-15-25/h4,8-9,13,16,19,21-26,28H,1-3,5-7,10-12,14-15,17-18,20H2,(H,41,49)(H,43,46)(H,44,48)/b9-4-/t22?,24-,26-,28+,37-/m1/s1. The second kappa shape index (κ2) is 15.4. The highest BCUT2D eigenvalue weighted by atomic mass is 32.2. The minimum atomic E-state index is -3.90. The Hall–Kier alpha value is -4.71. The summed E-state index contributed by atoms with van der Waals surface area (Å²) in [7, 11) is -3.90. The molecule has 1 saturated heterocycles. The van der Waals surface area contributed by atoms with Crippen molar-refractivity contribution in [1.82, 2.24) is 40.2 Å². The predicted octanol–water partition coefficient (Wildman–Crippen LogP) is 3.54. The first kappa shape index (κ1) is 37.2. The van der Waals surface area contributed by atoms with Crippen LogP contribution in [0, 0.1) is 5.92 Å². The number of rotatable bonds is 8. The molecule has 0 bridgehead atoms. The molecule has 5 aliphatic rings. The van der Waals surface area contributed by atoms with Crippen LogP contribution in [0.4, 0.5) is 4.79 Å². The van der Waals surface area contributed by atoms with Gasteiger partial charge in [0, 0.05) is 12.3 Å². The number of sulfonamides is 1. The molecule has 3 aromatic heterocycles. The van der Waals surface area contributed by atoms with Crippen LogP contribution >= 0.6 is 11.3 Å². The molecule has 55 heavy (non-hydrogen) atoms. The number of carbonyl (C=O) groups is 4. The fourth-order valence-corrected chi connectivity index (χ4v) is 9.86. The van der Waals surface area contributed by atoms with Crippen LogP contribution in [0.5, 0.6) is 5.88 Å². The molecule has 1 unspecified atom stereocenters. The zero-order valence-electron chi connectivity index (χ0n) is 30.2. The third-order valence-electron chi connectivity index (χ3n) is 11.1. The van der Waals surface area contributed by atoms with E-state index in [1.54, 1.807) is 6.20 Å². The summed E-state index contributed by atoms with van der Waals surface area (Å²) < 4.78 is 40.1. The number of nitrogens with zero attached hydrogens (tertiary/aromatic N) is 5. The molecule has 292 valence electrons. The van der Waals surface area contributed by atoms with Gasteiger partial charge in [-0.25, -0.2) is 28.2 Å². The van der Waals surface area contributed by atoms with Crippen molar-refractivity contribution in [1.29, 1.82) is 0 Å². The highest BCUT2D eigenvalue weighted by Gasteiger charge is 2.62. The van der Waals surface area contributed by atoms with E-state index in [1.807, 2.05) is 29.7 Å². The number of hydrogen-bond donors (Lipinski definition) is 3. The summed E-state index contributed by atoms with van der Waals surface area (Å²) in [6.45, 7) is -0.0429. The van der Waals surface area contributed by atoms with Crippen LogP contribution in [0.25, 0.3) is 21.7 Å². The first-order valence-corrected chi connectivity index (χ1v) is 21.5. The molecule has 5 atom stereocenters. The van der Waals surface area contributed by atoms with E-state index in [0.29, 0.717) is 49.0 Å². The van der Waals surface area contributed by atoms with Gasteiger partial charge >= 0.3 is 6.09 Å². The number of allylic oxidation sites excluding steroid dienone is 1. The summed E-state index contributed by atoms with van der Waals surface area (Å²) in [5, 5.41) is 6.96. The van der Waals surface area contributed by atoms with Gasteiger partial charge in [-0.05, 0) is 75.7 Å². The van der Waals surface area contributed by atoms with Gasteiger partial charge in [-0.15, -0.1) is 11.3 Å². The van der Waals surface area contributed by atoms with E-state index in [4.69, 9.17) is 14.5 Å². The van der Waals surface area contributed by atoms with Crippen LogP contribution < -0.4 is 20.1 Å². The Bertz CT molecular complexity index is 2090. The maximum atomic E-state index is 14.6. The van der Waals surface area contributed by atoms with E-state index in [1.165, 1.54) is 22.6 Å². The SMILES string of the molecule is O=C(N[C@@H]1CCCCC/C=C\C2C[C@@]2(C(=O)NS(=O)(=O)C2CC2)NC(=O)[C@@H]2C[C@@H](Oc3nc4ncncc4nc3-c3cccs3)CN2C1=O)OC1CCCC1. The summed E-state index contributed by atoms with van der Waals surface area (Å²) in [6.07, 6.45) is 12.9. The van der Waals surface area contributed by atoms with Crippen LogP contribution in [-0.4, -0.2) is 98.7 Å². The molecule has 3 saturated carbocycles. The van der Waals surface area contributed by atoms with E-state index < -0.39 is 68.7 Å². The normalized spacial score (nSPS) is 28.3. The van der Waals surface area contributed by atoms with Crippen molar-refractivity contribution in [3.8, 4) is 16.5 Å². The Morgan fingerprint density at radius 3 is 2.62 bits per heavy atom. The number of amides is 4. The van der Waals surface area contributed by atoms with E-state index in [0.717, 1.165) is 43.4 Å². The maximum absolute atomic E-state index is 14.6. The van der Waals surface area contributed by atoms with E-state index in [-0.39, 0.29) is 31.4 Å². The number of thiophene rings is 1. The maximum Gasteiger partial charge on any atom is 0.408 e. The molecule has 5 heterocycles. The average Bonchev–Trinajstić information content (AvgIpc) is 3.90. The Kier molecular flexibility index (Phi) is 10.4. The van der Waals surface area contributed by atoms with Gasteiger partial charge in [0.2, 0.25) is 27.7 Å². The third kappa shape index (κ3) is 8.15. The predicted molar refractivity (Wildman–Crippen MR) is 200 cm³/mol. The monoisotopic (exact) mass is 792 g/mol. The number of nitrogens with one attached hydrogen (secondary N) is 3. The molecule has 3 aliphatic carbocycles. The van der Waals surface area contributed by atoms with Crippen molar-refractivity contribution in [3.63, 3.8) is 0 Å². The molecule has 3 N–H and O–H groups in total. The Morgan fingerprint density at radius 1 is 1.02 bits per heavy atom. The number of alkyl carbamates (subject to hydrolysis) is 1. The molecule has 2 aliphatic heterocycles. The molecule has 0 spiro atoms. The lowest BCUT2D eigenvalue weighted by atomic mass is 10.0. The first-order chi connectivity index (χ1) is 26.6. The zero-order valence-corrected chi connectivity index (χ0v) is 31.9. The average molecular weight is 793 g/mol. The molecule has 18 heteroatoms. The molecular formula is C37H44N8O8S2. The van der Waals surface area contributed by atoms with Gasteiger partial charge in [0.05, 0.1) is 22.9 Å². The summed E-state index contributed by atoms with van der Waals surface area (Å²) in [4.78, 5) is 75.8. The van der Waals surface area contributed by atoms with E-state index >= 15 is 0 Å².